The molecule has 1 saturated heterocycles. The molecule has 7 heteroatoms. The van der Waals surface area contributed by atoms with Crippen molar-refractivity contribution in [3.05, 3.63) is 65.1 Å². The zero-order valence-electron chi connectivity index (χ0n) is 16.3. The number of hydrogen-bond donors (Lipinski definition) is 2. The first kappa shape index (κ1) is 21.0. The van der Waals surface area contributed by atoms with Crippen LogP contribution in [0.4, 0.5) is 15.8 Å². The van der Waals surface area contributed by atoms with E-state index in [4.69, 9.17) is 22.1 Å². The highest BCUT2D eigenvalue weighted by atomic mass is 35.5. The van der Waals surface area contributed by atoms with E-state index in [0.717, 1.165) is 31.6 Å². The standard InChI is InChI=1S/C22H25ClFN3O2/c1-15(25)10-22(28)26-18-7-8-21(20(23)12-18)27-9-3-4-16(13-27)14-29-19-6-2-5-17(24)11-19/h2,5-8,10-12,16H,3-4,9,13-14,25H2,1H3,(H,26,28)/b15-10-. The number of anilines is 2. The molecule has 1 unspecified atom stereocenters. The number of carbonyl (C=O) groups is 1. The van der Waals surface area contributed by atoms with Crippen LogP contribution in [0.3, 0.4) is 0 Å². The number of benzene rings is 2. The monoisotopic (exact) mass is 417 g/mol. The predicted octanol–water partition coefficient (Wildman–Crippen LogP) is 4.58. The number of carbonyl (C=O) groups excluding carboxylic acids is 1. The number of amides is 1. The summed E-state index contributed by atoms with van der Waals surface area (Å²) < 4.78 is 19.1. The summed E-state index contributed by atoms with van der Waals surface area (Å²) >= 11 is 6.48. The van der Waals surface area contributed by atoms with Gasteiger partial charge in [-0.25, -0.2) is 4.39 Å². The van der Waals surface area contributed by atoms with E-state index in [1.165, 1.54) is 18.2 Å². The Morgan fingerprint density at radius 3 is 2.93 bits per heavy atom. The van der Waals surface area contributed by atoms with Gasteiger partial charge in [0.15, 0.2) is 0 Å². The van der Waals surface area contributed by atoms with Gasteiger partial charge in [0.25, 0.3) is 0 Å². The van der Waals surface area contributed by atoms with Gasteiger partial charge in [-0.2, -0.15) is 0 Å². The molecule has 0 aromatic heterocycles. The second-order valence-corrected chi connectivity index (χ2v) is 7.67. The first-order valence-corrected chi connectivity index (χ1v) is 9.96. The molecule has 2 aromatic carbocycles. The van der Waals surface area contributed by atoms with E-state index in [2.05, 4.69) is 10.2 Å². The first-order chi connectivity index (χ1) is 13.9. The maximum absolute atomic E-state index is 13.3. The smallest absolute Gasteiger partial charge is 0.250 e. The Kier molecular flexibility index (Phi) is 6.99. The molecule has 29 heavy (non-hydrogen) atoms. The van der Waals surface area contributed by atoms with Gasteiger partial charge < -0.3 is 20.7 Å². The van der Waals surface area contributed by atoms with Gasteiger partial charge in [0, 0.05) is 42.5 Å². The molecule has 3 N–H and O–H groups in total. The molecule has 1 amide bonds. The van der Waals surface area contributed by atoms with Crippen molar-refractivity contribution in [3.63, 3.8) is 0 Å². The molecular formula is C22H25ClFN3O2. The van der Waals surface area contributed by atoms with Crippen LogP contribution in [0.2, 0.25) is 5.02 Å². The summed E-state index contributed by atoms with van der Waals surface area (Å²) in [5.74, 6) is 0.271. The molecule has 1 aliphatic rings. The van der Waals surface area contributed by atoms with Gasteiger partial charge >= 0.3 is 0 Å². The van der Waals surface area contributed by atoms with Crippen LogP contribution in [0.1, 0.15) is 19.8 Å². The number of nitrogens with two attached hydrogens (primary N) is 1. The van der Waals surface area contributed by atoms with Crippen molar-refractivity contribution >= 4 is 28.9 Å². The summed E-state index contributed by atoms with van der Waals surface area (Å²) in [4.78, 5) is 14.0. The summed E-state index contributed by atoms with van der Waals surface area (Å²) in [6.45, 7) is 3.88. The number of halogens is 2. The third-order valence-electron chi connectivity index (χ3n) is 4.72. The highest BCUT2D eigenvalue weighted by Crippen LogP contribution is 2.32. The zero-order valence-corrected chi connectivity index (χ0v) is 17.1. The zero-order chi connectivity index (χ0) is 20.8. The summed E-state index contributed by atoms with van der Waals surface area (Å²) in [5, 5.41) is 3.32. The SMILES string of the molecule is C/C(N)=C/C(=O)Nc1ccc(N2CCCC(COc3cccc(F)c3)C2)c(Cl)c1. The van der Waals surface area contributed by atoms with Crippen LogP contribution in [0.5, 0.6) is 5.75 Å². The molecule has 2 aromatic rings. The third kappa shape index (κ3) is 6.12. The number of hydrogen-bond acceptors (Lipinski definition) is 4. The van der Waals surface area contributed by atoms with E-state index < -0.39 is 0 Å². The first-order valence-electron chi connectivity index (χ1n) is 9.58. The van der Waals surface area contributed by atoms with Crippen LogP contribution >= 0.6 is 11.6 Å². The fourth-order valence-corrected chi connectivity index (χ4v) is 3.72. The highest BCUT2D eigenvalue weighted by Gasteiger charge is 2.22. The van der Waals surface area contributed by atoms with E-state index in [1.54, 1.807) is 25.1 Å². The van der Waals surface area contributed by atoms with Gasteiger partial charge in [-0.1, -0.05) is 17.7 Å². The van der Waals surface area contributed by atoms with E-state index in [-0.39, 0.29) is 11.7 Å². The van der Waals surface area contributed by atoms with Crippen molar-refractivity contribution < 1.29 is 13.9 Å². The van der Waals surface area contributed by atoms with E-state index in [0.29, 0.717) is 34.7 Å². The van der Waals surface area contributed by atoms with E-state index in [9.17, 15) is 9.18 Å². The van der Waals surface area contributed by atoms with Crippen LogP contribution < -0.4 is 20.7 Å². The number of rotatable bonds is 6. The molecule has 1 heterocycles. The molecule has 154 valence electrons. The lowest BCUT2D eigenvalue weighted by molar-refractivity contribution is -0.111. The summed E-state index contributed by atoms with van der Waals surface area (Å²) in [6.07, 6.45) is 3.39. The molecule has 5 nitrogen and oxygen atoms in total. The second kappa shape index (κ2) is 9.65. The number of nitrogens with zero attached hydrogens (tertiary/aromatic N) is 1. The van der Waals surface area contributed by atoms with E-state index >= 15 is 0 Å². The Morgan fingerprint density at radius 1 is 1.38 bits per heavy atom. The van der Waals surface area contributed by atoms with E-state index in [1.807, 2.05) is 12.1 Å². The molecule has 3 rings (SSSR count). The number of nitrogens with one attached hydrogen (secondary N) is 1. The topological polar surface area (TPSA) is 67.6 Å². The van der Waals surface area contributed by atoms with Gasteiger partial charge in [-0.15, -0.1) is 0 Å². The van der Waals surface area contributed by atoms with Crippen molar-refractivity contribution in [1.29, 1.82) is 0 Å². The van der Waals surface area contributed by atoms with Crippen LogP contribution in [0.15, 0.2) is 54.2 Å². The quantitative estimate of drug-likeness (QED) is 0.675. The second-order valence-electron chi connectivity index (χ2n) is 7.27. The van der Waals surface area contributed by atoms with Gasteiger partial charge in [0.2, 0.25) is 5.91 Å². The molecule has 1 fully saturated rings. The molecular weight excluding hydrogens is 393 g/mol. The predicted molar refractivity (Wildman–Crippen MR) is 115 cm³/mol. The number of ether oxygens (including phenoxy) is 1. The Morgan fingerprint density at radius 2 is 2.21 bits per heavy atom. The van der Waals surface area contributed by atoms with Crippen LogP contribution in [0.25, 0.3) is 0 Å². The normalized spacial score (nSPS) is 17.1. The lowest BCUT2D eigenvalue weighted by Gasteiger charge is -2.35. The average Bonchev–Trinajstić information content (AvgIpc) is 2.66. The largest absolute Gasteiger partial charge is 0.493 e. The molecule has 1 atom stereocenters. The minimum Gasteiger partial charge on any atom is -0.493 e. The maximum atomic E-state index is 13.3. The van der Waals surface area contributed by atoms with Gasteiger partial charge in [-0.3, -0.25) is 4.79 Å². The van der Waals surface area contributed by atoms with Crippen LogP contribution in [-0.2, 0) is 4.79 Å². The molecule has 0 bridgehead atoms. The highest BCUT2D eigenvalue weighted by molar-refractivity contribution is 6.33. The molecule has 0 radical (unpaired) electrons. The van der Waals surface area contributed by atoms with Crippen molar-refractivity contribution in [2.75, 3.05) is 29.9 Å². The number of piperidine rings is 1. The third-order valence-corrected chi connectivity index (χ3v) is 5.02. The van der Waals surface area contributed by atoms with Crippen molar-refractivity contribution in [3.8, 4) is 5.75 Å². The van der Waals surface area contributed by atoms with Gasteiger partial charge in [0.05, 0.1) is 17.3 Å². The van der Waals surface area contributed by atoms with Crippen LogP contribution in [0, 0.1) is 11.7 Å². The Balaban J connectivity index is 1.61. The van der Waals surface area contributed by atoms with Gasteiger partial charge in [-0.05, 0) is 50.1 Å². The summed E-state index contributed by atoms with van der Waals surface area (Å²) in [6, 6.07) is 11.7. The van der Waals surface area contributed by atoms with Gasteiger partial charge in [0.1, 0.15) is 11.6 Å². The number of allylic oxidation sites excluding steroid dienone is 1. The lowest BCUT2D eigenvalue weighted by Crippen LogP contribution is -2.37. The Hall–Kier alpha value is -2.73. The maximum Gasteiger partial charge on any atom is 0.250 e. The lowest BCUT2D eigenvalue weighted by atomic mass is 9.98. The van der Waals surface area contributed by atoms with Crippen molar-refractivity contribution in [2.45, 2.75) is 19.8 Å². The Labute approximate surface area is 175 Å². The summed E-state index contributed by atoms with van der Waals surface area (Å²) in [5.41, 5.74) is 7.49. The molecule has 0 aliphatic carbocycles. The van der Waals surface area contributed by atoms with Crippen LogP contribution in [-0.4, -0.2) is 25.6 Å². The summed E-state index contributed by atoms with van der Waals surface area (Å²) in [7, 11) is 0. The average molecular weight is 418 g/mol. The minimum atomic E-state index is -0.302. The Bertz CT molecular complexity index is 899. The molecule has 0 spiro atoms. The van der Waals surface area contributed by atoms with Crippen molar-refractivity contribution in [1.82, 2.24) is 0 Å². The van der Waals surface area contributed by atoms with Crippen molar-refractivity contribution in [2.24, 2.45) is 11.7 Å². The fourth-order valence-electron chi connectivity index (χ4n) is 3.42. The molecule has 0 saturated carbocycles. The fraction of sp³-hybridized carbons (Fsp3) is 0.318. The minimum absolute atomic E-state index is 0.290. The molecule has 1 aliphatic heterocycles.